The molecule has 20 heavy (non-hydrogen) atoms. The van der Waals surface area contributed by atoms with Gasteiger partial charge in [-0.2, -0.15) is 0 Å². The van der Waals surface area contributed by atoms with Gasteiger partial charge in [-0.05, 0) is 32.7 Å². The minimum atomic E-state index is 0.649. The molecule has 0 amide bonds. The Morgan fingerprint density at radius 3 is 2.85 bits per heavy atom. The quantitative estimate of drug-likeness (QED) is 0.634. The highest BCUT2D eigenvalue weighted by atomic mass is 15.3. The third kappa shape index (κ3) is 2.23. The van der Waals surface area contributed by atoms with E-state index in [0.29, 0.717) is 6.04 Å². The number of fused-ring (bicyclic) bond motifs is 2. The van der Waals surface area contributed by atoms with E-state index in [1.165, 1.54) is 19.3 Å². The molecule has 2 fully saturated rings. The van der Waals surface area contributed by atoms with E-state index in [1.54, 1.807) is 6.33 Å². The smallest absolute Gasteiger partial charge is 0.148 e. The van der Waals surface area contributed by atoms with Crippen molar-refractivity contribution in [3.8, 4) is 0 Å². The van der Waals surface area contributed by atoms with Crippen LogP contribution in [0.15, 0.2) is 6.33 Å². The zero-order valence-corrected chi connectivity index (χ0v) is 12.3. The molecule has 0 aliphatic carbocycles. The molecule has 6 heteroatoms. The molecule has 3 N–H and O–H groups in total. The summed E-state index contributed by atoms with van der Waals surface area (Å²) < 4.78 is 0. The van der Waals surface area contributed by atoms with E-state index in [4.69, 9.17) is 5.84 Å². The predicted octanol–water partition coefficient (Wildman–Crippen LogP) is 0.997. The Kier molecular flexibility index (Phi) is 3.76. The summed E-state index contributed by atoms with van der Waals surface area (Å²) in [4.78, 5) is 13.7. The summed E-state index contributed by atoms with van der Waals surface area (Å²) in [5, 5.41) is 0. The minimum Gasteiger partial charge on any atom is -0.355 e. The Morgan fingerprint density at radius 2 is 2.10 bits per heavy atom. The maximum absolute atomic E-state index is 5.57. The van der Waals surface area contributed by atoms with Crippen LogP contribution in [0.4, 0.5) is 11.6 Å². The van der Waals surface area contributed by atoms with Crippen LogP contribution in [0.25, 0.3) is 0 Å². The first-order valence-corrected chi connectivity index (χ1v) is 7.52. The van der Waals surface area contributed by atoms with Gasteiger partial charge in [-0.1, -0.05) is 6.92 Å². The molecule has 2 atom stereocenters. The van der Waals surface area contributed by atoms with Crippen LogP contribution in [-0.2, 0) is 6.42 Å². The van der Waals surface area contributed by atoms with E-state index < -0.39 is 0 Å². The molecule has 2 bridgehead atoms. The summed E-state index contributed by atoms with van der Waals surface area (Å²) >= 11 is 0. The van der Waals surface area contributed by atoms with Gasteiger partial charge in [-0.3, -0.25) is 4.90 Å². The van der Waals surface area contributed by atoms with Crippen molar-refractivity contribution in [1.82, 2.24) is 14.9 Å². The summed E-state index contributed by atoms with van der Waals surface area (Å²) in [5.74, 6) is 7.37. The number of hydrogen-bond acceptors (Lipinski definition) is 6. The van der Waals surface area contributed by atoms with Gasteiger partial charge in [-0.25, -0.2) is 15.8 Å². The highest BCUT2D eigenvalue weighted by Gasteiger charge is 2.35. The van der Waals surface area contributed by atoms with Gasteiger partial charge in [-0.15, -0.1) is 0 Å². The van der Waals surface area contributed by atoms with Crippen LogP contribution >= 0.6 is 0 Å². The number of aromatic nitrogens is 2. The van der Waals surface area contributed by atoms with Crippen molar-refractivity contribution < 1.29 is 0 Å². The van der Waals surface area contributed by atoms with Gasteiger partial charge in [0.15, 0.2) is 0 Å². The van der Waals surface area contributed by atoms with Gasteiger partial charge in [0.1, 0.15) is 18.0 Å². The summed E-state index contributed by atoms with van der Waals surface area (Å²) in [5.41, 5.74) is 3.82. The lowest BCUT2D eigenvalue weighted by atomic mass is 10.1. The van der Waals surface area contributed by atoms with Crippen molar-refractivity contribution in [2.75, 3.05) is 30.5 Å². The van der Waals surface area contributed by atoms with Crippen molar-refractivity contribution in [1.29, 1.82) is 0 Å². The molecule has 0 saturated carbocycles. The van der Waals surface area contributed by atoms with Crippen molar-refractivity contribution >= 4 is 11.6 Å². The minimum absolute atomic E-state index is 0.649. The maximum Gasteiger partial charge on any atom is 0.148 e. The van der Waals surface area contributed by atoms with Crippen molar-refractivity contribution in [3.05, 3.63) is 11.9 Å². The van der Waals surface area contributed by atoms with Crippen molar-refractivity contribution in [3.63, 3.8) is 0 Å². The number of likely N-dealkylation sites (N-methyl/N-ethyl adjacent to an activating group) is 1. The lowest BCUT2D eigenvalue weighted by Gasteiger charge is -2.28. The van der Waals surface area contributed by atoms with E-state index in [0.717, 1.165) is 42.8 Å². The highest BCUT2D eigenvalue weighted by molar-refractivity contribution is 5.58. The summed E-state index contributed by atoms with van der Waals surface area (Å²) in [6.07, 6.45) is 6.35. The number of nitrogens with one attached hydrogen (secondary N) is 1. The van der Waals surface area contributed by atoms with E-state index in [9.17, 15) is 0 Å². The third-order valence-electron chi connectivity index (χ3n) is 4.86. The van der Waals surface area contributed by atoms with Crippen LogP contribution in [0.2, 0.25) is 0 Å². The lowest BCUT2D eigenvalue weighted by molar-refractivity contribution is 0.254. The van der Waals surface area contributed by atoms with Gasteiger partial charge in [0, 0.05) is 30.7 Å². The fourth-order valence-corrected chi connectivity index (χ4v) is 3.63. The van der Waals surface area contributed by atoms with Gasteiger partial charge in [0.25, 0.3) is 0 Å². The van der Waals surface area contributed by atoms with Crippen LogP contribution in [0.1, 0.15) is 31.7 Å². The van der Waals surface area contributed by atoms with E-state index in [2.05, 4.69) is 39.2 Å². The molecule has 3 heterocycles. The van der Waals surface area contributed by atoms with Crippen LogP contribution in [0, 0.1) is 0 Å². The topological polar surface area (TPSA) is 70.3 Å². The standard InChI is InChI=1S/C14H24N6/c1-3-12-13(18-15)16-9-17-14(12)20-7-6-10-4-5-11(8-20)19(10)2/h9-11H,3-8,15H2,1-2H3,(H,16,17,18). The summed E-state index contributed by atoms with van der Waals surface area (Å²) in [6, 6.07) is 1.39. The molecular weight excluding hydrogens is 252 g/mol. The first kappa shape index (κ1) is 13.6. The number of hydrogen-bond donors (Lipinski definition) is 2. The van der Waals surface area contributed by atoms with Crippen LogP contribution in [0.3, 0.4) is 0 Å². The Balaban J connectivity index is 1.89. The lowest BCUT2D eigenvalue weighted by Crippen LogP contribution is -2.37. The van der Waals surface area contributed by atoms with E-state index >= 15 is 0 Å². The second-order valence-electron chi connectivity index (χ2n) is 5.81. The van der Waals surface area contributed by atoms with Crippen molar-refractivity contribution in [2.24, 2.45) is 5.84 Å². The maximum atomic E-state index is 5.57. The fourth-order valence-electron chi connectivity index (χ4n) is 3.63. The van der Waals surface area contributed by atoms with Gasteiger partial charge in [0.05, 0.1) is 0 Å². The average molecular weight is 276 g/mol. The van der Waals surface area contributed by atoms with Gasteiger partial charge < -0.3 is 10.3 Å². The normalized spacial score (nSPS) is 26.6. The predicted molar refractivity (Wildman–Crippen MR) is 80.6 cm³/mol. The highest BCUT2D eigenvalue weighted by Crippen LogP contribution is 2.32. The first-order chi connectivity index (χ1) is 9.74. The zero-order chi connectivity index (χ0) is 14.1. The molecule has 0 radical (unpaired) electrons. The molecule has 1 aromatic heterocycles. The number of nitrogens with zero attached hydrogens (tertiary/aromatic N) is 4. The molecule has 2 unspecified atom stereocenters. The van der Waals surface area contributed by atoms with Gasteiger partial charge in [0.2, 0.25) is 0 Å². The largest absolute Gasteiger partial charge is 0.355 e. The second-order valence-corrected chi connectivity index (χ2v) is 5.81. The second kappa shape index (κ2) is 5.54. The monoisotopic (exact) mass is 276 g/mol. The van der Waals surface area contributed by atoms with E-state index in [-0.39, 0.29) is 0 Å². The summed E-state index contributed by atoms with van der Waals surface area (Å²) in [7, 11) is 2.26. The molecule has 3 rings (SSSR count). The molecule has 2 saturated heterocycles. The number of hydrazine groups is 1. The Morgan fingerprint density at radius 1 is 1.30 bits per heavy atom. The molecule has 2 aliphatic heterocycles. The molecule has 0 spiro atoms. The number of nitrogen functional groups attached to an aromatic ring is 1. The molecule has 110 valence electrons. The van der Waals surface area contributed by atoms with Crippen molar-refractivity contribution in [2.45, 2.75) is 44.7 Å². The van der Waals surface area contributed by atoms with Crippen LogP contribution in [-0.4, -0.2) is 47.1 Å². The van der Waals surface area contributed by atoms with Crippen LogP contribution in [0.5, 0.6) is 0 Å². The summed E-state index contributed by atoms with van der Waals surface area (Å²) in [6.45, 7) is 4.25. The number of anilines is 2. The SMILES string of the molecule is CCc1c(NN)ncnc1N1CCC2CCC(C1)N2C. The number of nitrogens with two attached hydrogens (primary N) is 1. The Bertz CT molecular complexity index is 477. The molecule has 0 aromatic carbocycles. The van der Waals surface area contributed by atoms with Gasteiger partial charge >= 0.3 is 0 Å². The van der Waals surface area contributed by atoms with Crippen LogP contribution < -0.4 is 16.2 Å². The molecule has 2 aliphatic rings. The Hall–Kier alpha value is -1.40. The molecule has 6 nitrogen and oxygen atoms in total. The molecular formula is C14H24N6. The molecule has 1 aromatic rings. The zero-order valence-electron chi connectivity index (χ0n) is 12.3. The number of rotatable bonds is 3. The third-order valence-corrected chi connectivity index (χ3v) is 4.86. The van der Waals surface area contributed by atoms with E-state index in [1.807, 2.05) is 0 Å². The average Bonchev–Trinajstić information content (AvgIpc) is 2.71. The first-order valence-electron chi connectivity index (χ1n) is 7.52. The Labute approximate surface area is 120 Å². The fraction of sp³-hybridized carbons (Fsp3) is 0.714.